The van der Waals surface area contributed by atoms with E-state index in [1.807, 2.05) is 0 Å². The highest BCUT2D eigenvalue weighted by atomic mass is 19.4. The van der Waals surface area contributed by atoms with E-state index in [1.54, 1.807) is 29.2 Å². The molecule has 11 heteroatoms. The first kappa shape index (κ1) is 29.8. The topological polar surface area (TPSA) is 108 Å². The largest absolute Gasteiger partial charge is 0.573 e. The van der Waals surface area contributed by atoms with Crippen LogP contribution < -0.4 is 15.4 Å². The van der Waals surface area contributed by atoms with Crippen molar-refractivity contribution in [3.05, 3.63) is 59.7 Å². The highest BCUT2D eigenvalue weighted by Crippen LogP contribution is 2.33. The van der Waals surface area contributed by atoms with Gasteiger partial charge in [-0.15, -0.1) is 13.2 Å². The normalized spacial score (nSPS) is 17.4. The molecule has 3 N–H and O–H groups in total. The minimum atomic E-state index is -4.80. The number of benzene rings is 2. The molecule has 0 bridgehead atoms. The quantitative estimate of drug-likeness (QED) is 0.335. The predicted octanol–water partition coefficient (Wildman–Crippen LogP) is 6.04. The highest BCUT2D eigenvalue weighted by molar-refractivity contribution is 5.94. The minimum absolute atomic E-state index is 0.0201. The Morgan fingerprint density at radius 1 is 1.00 bits per heavy atom. The van der Waals surface area contributed by atoms with Gasteiger partial charge in [0.1, 0.15) is 5.75 Å². The highest BCUT2D eigenvalue weighted by Gasteiger charge is 2.32. The summed E-state index contributed by atoms with van der Waals surface area (Å²) in [5.74, 6) is -0.623. The number of nitrogens with zero attached hydrogens (tertiary/aromatic N) is 1. The molecule has 1 aliphatic carbocycles. The van der Waals surface area contributed by atoms with E-state index in [0.29, 0.717) is 23.1 Å². The van der Waals surface area contributed by atoms with Crippen LogP contribution in [0.2, 0.25) is 0 Å². The molecule has 2 aromatic rings. The number of aliphatic carboxylic acids is 1. The van der Waals surface area contributed by atoms with E-state index < -0.39 is 12.3 Å². The predicted molar refractivity (Wildman–Crippen MR) is 139 cm³/mol. The van der Waals surface area contributed by atoms with Crippen LogP contribution >= 0.6 is 0 Å². The Balaban J connectivity index is 1.70. The van der Waals surface area contributed by atoms with E-state index >= 15 is 0 Å². The van der Waals surface area contributed by atoms with Gasteiger partial charge in [0.15, 0.2) is 0 Å². The molecule has 0 saturated heterocycles. The summed E-state index contributed by atoms with van der Waals surface area (Å²) in [6.45, 7) is 4.69. The number of hydrogen-bond acceptors (Lipinski definition) is 4. The second kappa shape index (κ2) is 13.3. The summed E-state index contributed by atoms with van der Waals surface area (Å²) < 4.78 is 41.3. The molecule has 0 aromatic heterocycles. The molecular formula is C28H34F3N3O5. The fourth-order valence-electron chi connectivity index (χ4n) is 4.73. The molecular weight excluding hydrogens is 515 g/mol. The first-order valence-corrected chi connectivity index (χ1v) is 12.9. The maximum absolute atomic E-state index is 13.4. The fraction of sp³-hybridized carbons (Fsp3) is 0.464. The number of carboxylic acid groups (broad SMARTS) is 1. The molecule has 3 amide bonds. The van der Waals surface area contributed by atoms with E-state index in [4.69, 9.17) is 5.11 Å². The maximum Gasteiger partial charge on any atom is 0.573 e. The van der Waals surface area contributed by atoms with Crippen molar-refractivity contribution in [3.8, 4) is 5.75 Å². The number of urea groups is 1. The van der Waals surface area contributed by atoms with Gasteiger partial charge >= 0.3 is 18.4 Å². The Kier molecular flexibility index (Phi) is 10.2. The smallest absolute Gasteiger partial charge is 0.481 e. The molecule has 212 valence electrons. The molecule has 0 radical (unpaired) electrons. The molecule has 1 fully saturated rings. The number of halogens is 3. The van der Waals surface area contributed by atoms with Gasteiger partial charge in [0.25, 0.3) is 5.91 Å². The maximum atomic E-state index is 13.4. The third-order valence-corrected chi connectivity index (χ3v) is 6.92. The van der Waals surface area contributed by atoms with Gasteiger partial charge in [0.05, 0.1) is 6.42 Å². The monoisotopic (exact) mass is 549 g/mol. The molecule has 0 atom stereocenters. The number of nitrogens with one attached hydrogen (secondary N) is 2. The van der Waals surface area contributed by atoms with Crippen molar-refractivity contribution in [1.29, 1.82) is 0 Å². The van der Waals surface area contributed by atoms with Crippen LogP contribution in [0.25, 0.3) is 0 Å². The lowest BCUT2D eigenvalue weighted by Gasteiger charge is -2.38. The Bertz CT molecular complexity index is 1110. The summed E-state index contributed by atoms with van der Waals surface area (Å²) in [4.78, 5) is 38.0. The van der Waals surface area contributed by atoms with Gasteiger partial charge in [-0.2, -0.15) is 0 Å². The Labute approximate surface area is 225 Å². The first-order chi connectivity index (χ1) is 18.4. The van der Waals surface area contributed by atoms with Crippen molar-refractivity contribution in [2.75, 3.05) is 11.9 Å². The number of ether oxygens (including phenoxy) is 1. The van der Waals surface area contributed by atoms with Gasteiger partial charge in [0.2, 0.25) is 0 Å². The van der Waals surface area contributed by atoms with Gasteiger partial charge in [-0.25, -0.2) is 4.79 Å². The molecule has 0 aliphatic heterocycles. The molecule has 0 unspecified atom stereocenters. The third kappa shape index (κ3) is 9.49. The molecule has 8 nitrogen and oxygen atoms in total. The zero-order valence-corrected chi connectivity index (χ0v) is 22.0. The average Bonchev–Trinajstić information content (AvgIpc) is 2.87. The lowest BCUT2D eigenvalue weighted by molar-refractivity contribution is -0.274. The first-order valence-electron chi connectivity index (χ1n) is 12.9. The number of carbonyl (C=O) groups excluding carboxylic acids is 2. The summed E-state index contributed by atoms with van der Waals surface area (Å²) in [6.07, 6.45) is -1.33. The molecule has 1 aliphatic rings. The molecule has 0 spiro atoms. The van der Waals surface area contributed by atoms with Gasteiger partial charge in [-0.05, 0) is 79.5 Å². The number of anilines is 1. The molecule has 3 rings (SSSR count). The Morgan fingerprint density at radius 2 is 1.62 bits per heavy atom. The van der Waals surface area contributed by atoms with Gasteiger partial charge in [-0.1, -0.05) is 26.0 Å². The molecule has 39 heavy (non-hydrogen) atoms. The number of carbonyl (C=O) groups is 3. The number of rotatable bonds is 10. The van der Waals surface area contributed by atoms with Crippen LogP contribution in [0.4, 0.5) is 23.7 Å². The van der Waals surface area contributed by atoms with Gasteiger partial charge in [-0.3, -0.25) is 9.59 Å². The fourth-order valence-corrected chi connectivity index (χ4v) is 4.73. The Morgan fingerprint density at radius 3 is 2.15 bits per heavy atom. The Hall–Kier alpha value is -3.76. The van der Waals surface area contributed by atoms with Crippen molar-refractivity contribution in [2.24, 2.45) is 11.8 Å². The number of alkyl halides is 3. The second-order valence-corrected chi connectivity index (χ2v) is 10.0. The van der Waals surface area contributed by atoms with Crippen molar-refractivity contribution in [3.63, 3.8) is 0 Å². The van der Waals surface area contributed by atoms with Crippen LogP contribution in [0.15, 0.2) is 48.5 Å². The molecule has 0 heterocycles. The minimum Gasteiger partial charge on any atom is -0.481 e. The zero-order valence-electron chi connectivity index (χ0n) is 22.0. The van der Waals surface area contributed by atoms with Crippen LogP contribution in [-0.2, 0) is 11.3 Å². The van der Waals surface area contributed by atoms with Crippen LogP contribution in [0.1, 0.15) is 61.9 Å². The lowest BCUT2D eigenvalue weighted by Crippen LogP contribution is -2.44. The lowest BCUT2D eigenvalue weighted by atomic mass is 9.79. The van der Waals surface area contributed by atoms with E-state index in [9.17, 15) is 27.6 Å². The number of carboxylic acids is 1. The van der Waals surface area contributed by atoms with Crippen molar-refractivity contribution in [1.82, 2.24) is 10.2 Å². The van der Waals surface area contributed by atoms with E-state index in [0.717, 1.165) is 43.4 Å². The summed E-state index contributed by atoms with van der Waals surface area (Å²) >= 11 is 0. The summed E-state index contributed by atoms with van der Waals surface area (Å²) in [7, 11) is 0. The SMILES string of the molecule is CC(C)C1CCC(N(Cc2ccc(C(=O)NCCC(=O)O)cc2)C(=O)Nc2ccc(OC(F)(F)F)cc2)CC1. The standard InChI is InChI=1S/C28H34F3N3O5/c1-18(2)20-7-11-23(12-8-20)34(27(38)33-22-9-13-24(14-10-22)39-28(29,30)31)17-19-3-5-21(6-4-19)26(37)32-16-15-25(35)36/h3-6,9-10,13-14,18,20,23H,7-8,11-12,15-17H2,1-2H3,(H,32,37)(H,33,38)(H,35,36). The van der Waals surface area contributed by atoms with Crippen LogP contribution in [0.5, 0.6) is 5.75 Å². The van der Waals surface area contributed by atoms with Gasteiger partial charge in [0, 0.05) is 30.4 Å². The van der Waals surface area contributed by atoms with Crippen molar-refractivity contribution >= 4 is 23.6 Å². The average molecular weight is 550 g/mol. The molecule has 1 saturated carbocycles. The van der Waals surface area contributed by atoms with Crippen LogP contribution in [-0.4, -0.2) is 46.9 Å². The number of amides is 3. The van der Waals surface area contributed by atoms with Crippen molar-refractivity contribution in [2.45, 2.75) is 64.9 Å². The van der Waals surface area contributed by atoms with Crippen LogP contribution in [0.3, 0.4) is 0 Å². The van der Waals surface area contributed by atoms with E-state index in [1.165, 1.54) is 12.1 Å². The third-order valence-electron chi connectivity index (χ3n) is 6.92. The van der Waals surface area contributed by atoms with Gasteiger partial charge < -0.3 is 25.4 Å². The summed E-state index contributed by atoms with van der Waals surface area (Å²) in [5.41, 5.74) is 1.51. The summed E-state index contributed by atoms with van der Waals surface area (Å²) in [5, 5.41) is 14.1. The second-order valence-electron chi connectivity index (χ2n) is 10.0. The number of hydrogen-bond donors (Lipinski definition) is 3. The molecule has 2 aromatic carbocycles. The zero-order chi connectivity index (χ0) is 28.6. The van der Waals surface area contributed by atoms with E-state index in [-0.39, 0.29) is 43.2 Å². The van der Waals surface area contributed by atoms with E-state index in [2.05, 4.69) is 29.2 Å². The summed E-state index contributed by atoms with van der Waals surface area (Å²) in [6, 6.07) is 11.3. The van der Waals surface area contributed by atoms with Crippen LogP contribution in [0, 0.1) is 11.8 Å². The van der Waals surface area contributed by atoms with Crippen molar-refractivity contribution < 1.29 is 37.4 Å².